The number of hydrogen-bond acceptors (Lipinski definition) is 1. The molecule has 4 heteroatoms. The lowest BCUT2D eigenvalue weighted by atomic mass is 10.2. The summed E-state index contributed by atoms with van der Waals surface area (Å²) >= 11 is 12.3. The molecule has 2 aromatic carbocycles. The van der Waals surface area contributed by atoms with Crippen molar-refractivity contribution in [3.05, 3.63) is 64.4 Å². The van der Waals surface area contributed by atoms with Gasteiger partial charge in [-0.1, -0.05) is 35.9 Å². The Kier molecular flexibility index (Phi) is 3.92. The predicted molar refractivity (Wildman–Crippen MR) is 89.3 cm³/mol. The highest BCUT2D eigenvalue weighted by Gasteiger charge is 2.16. The molecule has 3 aromatic rings. The lowest BCUT2D eigenvalue weighted by molar-refractivity contribution is 0.741. The Morgan fingerprint density at radius 2 is 1.86 bits per heavy atom. The van der Waals surface area contributed by atoms with E-state index in [0.717, 1.165) is 28.4 Å². The number of aryl methyl sites for hydroxylation is 1. The van der Waals surface area contributed by atoms with Gasteiger partial charge in [-0.2, -0.15) is 0 Å². The molecular weight excluding hydrogens is 303 g/mol. The summed E-state index contributed by atoms with van der Waals surface area (Å²) in [6.45, 7) is 4.80. The first-order chi connectivity index (χ1) is 10.1. The summed E-state index contributed by atoms with van der Waals surface area (Å²) in [6, 6.07) is 14.1. The first kappa shape index (κ1) is 14.4. The van der Waals surface area contributed by atoms with Crippen LogP contribution in [-0.4, -0.2) is 9.55 Å². The number of fused-ring (bicyclic) bond motifs is 1. The highest BCUT2D eigenvalue weighted by molar-refractivity contribution is 6.30. The highest BCUT2D eigenvalue weighted by Crippen LogP contribution is 2.27. The zero-order chi connectivity index (χ0) is 15.0. The van der Waals surface area contributed by atoms with Gasteiger partial charge >= 0.3 is 0 Å². The molecule has 0 aliphatic carbocycles. The van der Waals surface area contributed by atoms with Crippen molar-refractivity contribution in [1.82, 2.24) is 9.55 Å². The van der Waals surface area contributed by atoms with Gasteiger partial charge in [0.15, 0.2) is 0 Å². The maximum Gasteiger partial charge on any atom is 0.128 e. The Morgan fingerprint density at radius 3 is 2.52 bits per heavy atom. The summed E-state index contributed by atoms with van der Waals surface area (Å²) in [5.74, 6) is 0.899. The third-order valence-corrected chi connectivity index (χ3v) is 4.05. The van der Waals surface area contributed by atoms with Crippen molar-refractivity contribution < 1.29 is 0 Å². The number of hydrogen-bond donors (Lipinski definition) is 0. The van der Waals surface area contributed by atoms with Crippen LogP contribution in [0.5, 0.6) is 0 Å². The molecule has 3 rings (SSSR count). The van der Waals surface area contributed by atoms with Crippen LogP contribution in [0.15, 0.2) is 42.5 Å². The standard InChI is InChI=1S/C17H16Cl2N2/c1-11-4-3-5-15-16(11)21(17(20-15)12(2)18)10-13-6-8-14(19)9-7-13/h3-9,12H,10H2,1-2H3. The van der Waals surface area contributed by atoms with Crippen LogP contribution in [0.2, 0.25) is 5.02 Å². The molecule has 0 aliphatic heterocycles. The quantitative estimate of drug-likeness (QED) is 0.595. The van der Waals surface area contributed by atoms with Crippen LogP contribution in [0.25, 0.3) is 11.0 Å². The Labute approximate surface area is 134 Å². The number of alkyl halides is 1. The van der Waals surface area contributed by atoms with Gasteiger partial charge in [-0.05, 0) is 43.2 Å². The highest BCUT2D eigenvalue weighted by atomic mass is 35.5. The minimum atomic E-state index is -0.135. The number of benzene rings is 2. The number of para-hydroxylation sites is 1. The second-order valence-corrected chi connectivity index (χ2v) is 6.33. The molecule has 0 saturated heterocycles. The maximum absolute atomic E-state index is 6.32. The van der Waals surface area contributed by atoms with Gasteiger partial charge in [-0.25, -0.2) is 4.98 Å². The number of nitrogens with zero attached hydrogens (tertiary/aromatic N) is 2. The number of imidazole rings is 1. The van der Waals surface area contributed by atoms with Crippen molar-refractivity contribution in [2.45, 2.75) is 25.8 Å². The molecule has 0 spiro atoms. The smallest absolute Gasteiger partial charge is 0.128 e. The molecule has 0 fully saturated rings. The van der Waals surface area contributed by atoms with E-state index in [1.54, 1.807) is 0 Å². The summed E-state index contributed by atoms with van der Waals surface area (Å²) in [7, 11) is 0. The zero-order valence-electron chi connectivity index (χ0n) is 12.0. The fraction of sp³-hybridized carbons (Fsp3) is 0.235. The minimum absolute atomic E-state index is 0.135. The van der Waals surface area contributed by atoms with Crippen LogP contribution >= 0.6 is 23.2 Å². The number of rotatable bonds is 3. The molecule has 1 unspecified atom stereocenters. The van der Waals surface area contributed by atoms with Crippen LogP contribution in [-0.2, 0) is 6.54 Å². The lowest BCUT2D eigenvalue weighted by Gasteiger charge is -2.12. The maximum atomic E-state index is 6.32. The second-order valence-electron chi connectivity index (χ2n) is 5.24. The number of halogens is 2. The lowest BCUT2D eigenvalue weighted by Crippen LogP contribution is -2.06. The van der Waals surface area contributed by atoms with E-state index in [1.807, 2.05) is 43.3 Å². The molecule has 0 saturated carbocycles. The third-order valence-electron chi connectivity index (χ3n) is 3.61. The van der Waals surface area contributed by atoms with Crippen LogP contribution in [0, 0.1) is 6.92 Å². The Morgan fingerprint density at radius 1 is 1.14 bits per heavy atom. The van der Waals surface area contributed by atoms with Crippen LogP contribution in [0.4, 0.5) is 0 Å². The summed E-state index contributed by atoms with van der Waals surface area (Å²) < 4.78 is 2.20. The monoisotopic (exact) mass is 318 g/mol. The van der Waals surface area contributed by atoms with Crippen molar-refractivity contribution in [1.29, 1.82) is 0 Å². The Balaban J connectivity index is 2.15. The molecule has 0 radical (unpaired) electrons. The average molecular weight is 319 g/mol. The van der Waals surface area contributed by atoms with E-state index in [2.05, 4.69) is 17.6 Å². The van der Waals surface area contributed by atoms with Crippen LogP contribution in [0.1, 0.15) is 29.3 Å². The summed E-state index contributed by atoms with van der Waals surface area (Å²) in [4.78, 5) is 4.69. The minimum Gasteiger partial charge on any atom is -0.322 e. The first-order valence-electron chi connectivity index (χ1n) is 6.90. The zero-order valence-corrected chi connectivity index (χ0v) is 13.5. The van der Waals surface area contributed by atoms with Crippen molar-refractivity contribution >= 4 is 34.2 Å². The van der Waals surface area contributed by atoms with E-state index in [-0.39, 0.29) is 5.38 Å². The fourth-order valence-electron chi connectivity index (χ4n) is 2.62. The van der Waals surface area contributed by atoms with Crippen molar-refractivity contribution in [3.8, 4) is 0 Å². The molecule has 21 heavy (non-hydrogen) atoms. The van der Waals surface area contributed by atoms with Gasteiger partial charge in [0, 0.05) is 11.6 Å². The van der Waals surface area contributed by atoms with Crippen LogP contribution in [0.3, 0.4) is 0 Å². The SMILES string of the molecule is Cc1cccc2nc(C(C)Cl)n(Cc3ccc(Cl)cc3)c12. The van der Waals surface area contributed by atoms with Crippen molar-refractivity contribution in [2.75, 3.05) is 0 Å². The Hall–Kier alpha value is -1.51. The topological polar surface area (TPSA) is 17.8 Å². The molecule has 2 nitrogen and oxygen atoms in total. The van der Waals surface area contributed by atoms with Gasteiger partial charge in [0.2, 0.25) is 0 Å². The fourth-order valence-corrected chi connectivity index (χ4v) is 2.91. The largest absolute Gasteiger partial charge is 0.322 e. The molecular formula is C17H16Cl2N2. The molecule has 1 atom stereocenters. The summed E-state index contributed by atoms with van der Waals surface area (Å²) in [6.07, 6.45) is 0. The molecule has 0 bridgehead atoms. The van der Waals surface area contributed by atoms with E-state index in [1.165, 1.54) is 11.1 Å². The Bertz CT molecular complexity index is 773. The molecule has 0 amide bonds. The van der Waals surface area contributed by atoms with E-state index in [0.29, 0.717) is 0 Å². The predicted octanol–water partition coefficient (Wildman–Crippen LogP) is 5.35. The van der Waals surface area contributed by atoms with Gasteiger partial charge in [0.05, 0.1) is 16.4 Å². The van der Waals surface area contributed by atoms with Gasteiger partial charge < -0.3 is 4.57 Å². The molecule has 0 N–H and O–H groups in total. The van der Waals surface area contributed by atoms with Crippen molar-refractivity contribution in [2.24, 2.45) is 0 Å². The average Bonchev–Trinajstić information content (AvgIpc) is 2.82. The second kappa shape index (κ2) is 5.70. The van der Waals surface area contributed by atoms with Gasteiger partial charge in [0.1, 0.15) is 5.82 Å². The van der Waals surface area contributed by atoms with E-state index in [4.69, 9.17) is 28.2 Å². The van der Waals surface area contributed by atoms with Gasteiger partial charge in [-0.3, -0.25) is 0 Å². The van der Waals surface area contributed by atoms with Gasteiger partial charge in [-0.15, -0.1) is 11.6 Å². The van der Waals surface area contributed by atoms with Crippen LogP contribution < -0.4 is 0 Å². The number of aromatic nitrogens is 2. The van der Waals surface area contributed by atoms with Crippen molar-refractivity contribution in [3.63, 3.8) is 0 Å². The van der Waals surface area contributed by atoms with E-state index in [9.17, 15) is 0 Å². The molecule has 1 heterocycles. The normalized spacial score (nSPS) is 12.8. The first-order valence-corrected chi connectivity index (χ1v) is 7.72. The van der Waals surface area contributed by atoms with E-state index >= 15 is 0 Å². The summed E-state index contributed by atoms with van der Waals surface area (Å²) in [5, 5.41) is 0.612. The molecule has 0 aliphatic rings. The molecule has 1 aromatic heterocycles. The molecule has 108 valence electrons. The third kappa shape index (κ3) is 2.78. The summed E-state index contributed by atoms with van der Waals surface area (Å²) in [5.41, 5.74) is 4.53. The van der Waals surface area contributed by atoms with Gasteiger partial charge in [0.25, 0.3) is 0 Å². The van der Waals surface area contributed by atoms with E-state index < -0.39 is 0 Å².